The zero-order valence-corrected chi connectivity index (χ0v) is 9.77. The van der Waals surface area contributed by atoms with E-state index in [1.54, 1.807) is 7.11 Å². The molecule has 15 heavy (non-hydrogen) atoms. The van der Waals surface area contributed by atoms with Crippen LogP contribution in [0.1, 0.15) is 32.6 Å². The third-order valence-corrected chi connectivity index (χ3v) is 2.90. The quantitative estimate of drug-likeness (QED) is 0.661. The van der Waals surface area contributed by atoms with Crippen LogP contribution in [-0.4, -0.2) is 38.3 Å². The smallest absolute Gasteiger partial charge is 0.220 e. The third-order valence-electron chi connectivity index (χ3n) is 2.90. The number of hydrogen-bond donors (Lipinski definition) is 2. The van der Waals surface area contributed by atoms with Crippen LogP contribution in [0.25, 0.3) is 0 Å². The molecule has 4 nitrogen and oxygen atoms in total. The topological polar surface area (TPSA) is 50.4 Å². The molecule has 2 N–H and O–H groups in total. The summed E-state index contributed by atoms with van der Waals surface area (Å²) < 4.78 is 4.92. The van der Waals surface area contributed by atoms with E-state index in [-0.39, 0.29) is 11.4 Å². The summed E-state index contributed by atoms with van der Waals surface area (Å²) in [7, 11) is 1.66. The minimum atomic E-state index is -0.00456. The largest absolute Gasteiger partial charge is 0.385 e. The van der Waals surface area contributed by atoms with Crippen LogP contribution in [0.4, 0.5) is 0 Å². The molecule has 0 aromatic carbocycles. The van der Waals surface area contributed by atoms with Crippen molar-refractivity contribution in [2.75, 3.05) is 26.8 Å². The molecule has 1 fully saturated rings. The Morgan fingerprint density at radius 2 is 2.13 bits per heavy atom. The number of hydrogen-bond acceptors (Lipinski definition) is 3. The van der Waals surface area contributed by atoms with Gasteiger partial charge in [-0.15, -0.1) is 0 Å². The van der Waals surface area contributed by atoms with Crippen molar-refractivity contribution in [3.8, 4) is 0 Å². The Labute approximate surface area is 91.8 Å². The summed E-state index contributed by atoms with van der Waals surface area (Å²) in [5.74, 6) is 0.149. The first-order chi connectivity index (χ1) is 7.16. The van der Waals surface area contributed by atoms with Gasteiger partial charge in [0.15, 0.2) is 0 Å². The predicted molar refractivity (Wildman–Crippen MR) is 59.8 cm³/mol. The minimum Gasteiger partial charge on any atom is -0.385 e. The van der Waals surface area contributed by atoms with Gasteiger partial charge in [0.1, 0.15) is 0 Å². The van der Waals surface area contributed by atoms with E-state index in [1.807, 2.05) is 0 Å². The van der Waals surface area contributed by atoms with E-state index in [0.29, 0.717) is 13.0 Å². The van der Waals surface area contributed by atoms with E-state index < -0.39 is 0 Å². The Hall–Kier alpha value is -0.610. The number of methoxy groups -OCH3 is 1. The van der Waals surface area contributed by atoms with Crippen molar-refractivity contribution in [2.24, 2.45) is 0 Å². The molecule has 0 aromatic rings. The van der Waals surface area contributed by atoms with Crippen molar-refractivity contribution < 1.29 is 9.53 Å². The number of carbonyl (C=O) groups excluding carboxylic acids is 1. The van der Waals surface area contributed by atoms with Gasteiger partial charge in [0.05, 0.1) is 0 Å². The van der Waals surface area contributed by atoms with Crippen LogP contribution in [0, 0.1) is 0 Å². The number of ether oxygens (including phenoxy) is 1. The SMILES string of the molecule is COCCCC(=O)NC1(C)CCNCC1. The lowest BCUT2D eigenvalue weighted by molar-refractivity contribution is -0.123. The van der Waals surface area contributed by atoms with Crippen LogP contribution in [0.3, 0.4) is 0 Å². The second kappa shape index (κ2) is 6.08. The molecule has 1 amide bonds. The highest BCUT2D eigenvalue weighted by molar-refractivity contribution is 5.76. The molecule has 0 aliphatic carbocycles. The van der Waals surface area contributed by atoms with Crippen molar-refractivity contribution >= 4 is 5.91 Å². The summed E-state index contributed by atoms with van der Waals surface area (Å²) in [6.45, 7) is 4.78. The number of nitrogens with one attached hydrogen (secondary N) is 2. The van der Waals surface area contributed by atoms with E-state index in [2.05, 4.69) is 17.6 Å². The predicted octanol–water partition coefficient (Wildman–Crippen LogP) is 0.671. The Kier molecular flexibility index (Phi) is 5.05. The molecule has 4 heteroatoms. The van der Waals surface area contributed by atoms with E-state index in [1.165, 1.54) is 0 Å². The zero-order chi connectivity index (χ0) is 11.1. The van der Waals surface area contributed by atoms with Crippen LogP contribution in [0.5, 0.6) is 0 Å². The lowest BCUT2D eigenvalue weighted by Crippen LogP contribution is -2.52. The summed E-state index contributed by atoms with van der Waals surface area (Å²) in [6, 6.07) is 0. The molecular formula is C11H22N2O2. The van der Waals surface area contributed by atoms with Gasteiger partial charge < -0.3 is 15.4 Å². The summed E-state index contributed by atoms with van der Waals surface area (Å²) in [5, 5.41) is 6.41. The first-order valence-corrected chi connectivity index (χ1v) is 5.67. The average Bonchev–Trinajstić information content (AvgIpc) is 2.18. The molecule has 1 saturated heterocycles. The highest BCUT2D eigenvalue weighted by Crippen LogP contribution is 2.17. The molecule has 1 aliphatic rings. The van der Waals surface area contributed by atoms with Crippen LogP contribution in [0.15, 0.2) is 0 Å². The maximum Gasteiger partial charge on any atom is 0.220 e. The molecule has 0 unspecified atom stereocenters. The fourth-order valence-corrected chi connectivity index (χ4v) is 1.88. The molecule has 0 radical (unpaired) electrons. The standard InChI is InChI=1S/C11H22N2O2/c1-11(5-7-12-8-6-11)13-10(14)4-3-9-15-2/h12H,3-9H2,1-2H3,(H,13,14). The number of piperidine rings is 1. The maximum atomic E-state index is 11.6. The Bertz CT molecular complexity index is 201. The number of amides is 1. The Morgan fingerprint density at radius 3 is 2.73 bits per heavy atom. The fraction of sp³-hybridized carbons (Fsp3) is 0.909. The highest BCUT2D eigenvalue weighted by Gasteiger charge is 2.27. The Morgan fingerprint density at radius 1 is 1.47 bits per heavy atom. The molecule has 0 spiro atoms. The average molecular weight is 214 g/mol. The van der Waals surface area contributed by atoms with Crippen molar-refractivity contribution in [3.63, 3.8) is 0 Å². The van der Waals surface area contributed by atoms with Crippen molar-refractivity contribution in [2.45, 2.75) is 38.1 Å². The zero-order valence-electron chi connectivity index (χ0n) is 9.77. The number of carbonyl (C=O) groups is 1. The van der Waals surface area contributed by atoms with Crippen LogP contribution < -0.4 is 10.6 Å². The van der Waals surface area contributed by atoms with Gasteiger partial charge in [-0.2, -0.15) is 0 Å². The minimum absolute atomic E-state index is 0.00456. The van der Waals surface area contributed by atoms with E-state index in [0.717, 1.165) is 32.4 Å². The lowest BCUT2D eigenvalue weighted by atomic mass is 9.90. The second-order valence-electron chi connectivity index (χ2n) is 4.46. The molecule has 1 rings (SSSR count). The van der Waals surface area contributed by atoms with Gasteiger partial charge >= 0.3 is 0 Å². The molecule has 0 saturated carbocycles. The number of rotatable bonds is 5. The van der Waals surface area contributed by atoms with Gasteiger partial charge in [0, 0.05) is 25.7 Å². The molecule has 88 valence electrons. The molecule has 0 aromatic heterocycles. The summed E-state index contributed by atoms with van der Waals surface area (Å²) in [5.41, 5.74) is -0.00456. The van der Waals surface area contributed by atoms with E-state index >= 15 is 0 Å². The normalized spacial score (nSPS) is 19.9. The van der Waals surface area contributed by atoms with Gasteiger partial charge in [0.25, 0.3) is 0 Å². The fourth-order valence-electron chi connectivity index (χ4n) is 1.88. The first-order valence-electron chi connectivity index (χ1n) is 5.67. The van der Waals surface area contributed by atoms with Crippen molar-refractivity contribution in [1.29, 1.82) is 0 Å². The van der Waals surface area contributed by atoms with Gasteiger partial charge in [-0.05, 0) is 39.3 Å². The monoisotopic (exact) mass is 214 g/mol. The molecule has 1 aliphatic heterocycles. The van der Waals surface area contributed by atoms with E-state index in [4.69, 9.17) is 4.74 Å². The molecule has 0 bridgehead atoms. The van der Waals surface area contributed by atoms with Crippen LogP contribution in [0.2, 0.25) is 0 Å². The first kappa shape index (κ1) is 12.5. The van der Waals surface area contributed by atoms with Crippen molar-refractivity contribution in [1.82, 2.24) is 10.6 Å². The maximum absolute atomic E-state index is 11.6. The summed E-state index contributed by atoms with van der Waals surface area (Å²) >= 11 is 0. The van der Waals surface area contributed by atoms with Crippen molar-refractivity contribution in [3.05, 3.63) is 0 Å². The summed E-state index contributed by atoms with van der Waals surface area (Å²) in [6.07, 6.45) is 3.40. The Balaban J connectivity index is 2.23. The summed E-state index contributed by atoms with van der Waals surface area (Å²) in [4.78, 5) is 11.6. The second-order valence-corrected chi connectivity index (χ2v) is 4.46. The lowest BCUT2D eigenvalue weighted by Gasteiger charge is -2.35. The van der Waals surface area contributed by atoms with Gasteiger partial charge in [-0.25, -0.2) is 0 Å². The van der Waals surface area contributed by atoms with E-state index in [9.17, 15) is 4.79 Å². The molecule has 0 atom stereocenters. The highest BCUT2D eigenvalue weighted by atomic mass is 16.5. The van der Waals surface area contributed by atoms with Crippen LogP contribution >= 0.6 is 0 Å². The van der Waals surface area contributed by atoms with Gasteiger partial charge in [-0.1, -0.05) is 0 Å². The molecule has 1 heterocycles. The van der Waals surface area contributed by atoms with Gasteiger partial charge in [0.2, 0.25) is 5.91 Å². The van der Waals surface area contributed by atoms with Crippen LogP contribution in [-0.2, 0) is 9.53 Å². The van der Waals surface area contributed by atoms with Gasteiger partial charge in [-0.3, -0.25) is 4.79 Å². The third kappa shape index (κ3) is 4.62. The molecular weight excluding hydrogens is 192 g/mol.